The van der Waals surface area contributed by atoms with Crippen molar-refractivity contribution in [2.75, 3.05) is 26.2 Å². The van der Waals surface area contributed by atoms with E-state index < -0.39 is 0 Å². The lowest BCUT2D eigenvalue weighted by Crippen LogP contribution is -2.42. The Morgan fingerprint density at radius 2 is 2.00 bits per heavy atom. The summed E-state index contributed by atoms with van der Waals surface area (Å²) in [5, 5.41) is 11.5. The van der Waals surface area contributed by atoms with E-state index in [0.717, 1.165) is 55.3 Å². The topological polar surface area (TPSA) is 57.5 Å². The molecule has 3 rings (SSSR count). The fourth-order valence-corrected chi connectivity index (χ4v) is 3.59. The molecular weight excluding hydrogens is 348 g/mol. The number of likely N-dealkylation sites (N-methyl/N-ethyl adjacent to an activating group) is 1. The average molecular weight is 383 g/mol. The van der Waals surface area contributed by atoms with Crippen LogP contribution in [0.25, 0.3) is 5.69 Å². The third-order valence-electron chi connectivity index (χ3n) is 5.14. The number of rotatable bonds is 9. The molecule has 6 heteroatoms. The fourth-order valence-electron chi connectivity index (χ4n) is 3.59. The summed E-state index contributed by atoms with van der Waals surface area (Å²) in [6.07, 6.45) is 2.70. The zero-order valence-electron chi connectivity index (χ0n) is 17.7. The molecule has 2 N–H and O–H groups in total. The number of nitrogens with one attached hydrogen (secondary N) is 2. The van der Waals surface area contributed by atoms with Gasteiger partial charge in [-0.05, 0) is 57.9 Å². The second-order valence-electron chi connectivity index (χ2n) is 7.45. The molecule has 28 heavy (non-hydrogen) atoms. The predicted molar refractivity (Wildman–Crippen MR) is 116 cm³/mol. The monoisotopic (exact) mass is 382 g/mol. The lowest BCUT2D eigenvalue weighted by Gasteiger charge is -2.20. The Bertz CT molecular complexity index is 790. The van der Waals surface area contributed by atoms with Crippen LogP contribution in [0.5, 0.6) is 0 Å². The van der Waals surface area contributed by atoms with Gasteiger partial charge in [0.05, 0.1) is 17.9 Å². The molecule has 2 aromatic rings. The van der Waals surface area contributed by atoms with Crippen LogP contribution < -0.4 is 10.6 Å². The van der Waals surface area contributed by atoms with E-state index in [9.17, 15) is 0 Å². The summed E-state index contributed by atoms with van der Waals surface area (Å²) in [4.78, 5) is 7.37. The number of hydrogen-bond donors (Lipinski definition) is 2. The van der Waals surface area contributed by atoms with E-state index >= 15 is 0 Å². The maximum Gasteiger partial charge on any atom is 0.191 e. The molecule has 0 aliphatic heterocycles. The molecule has 0 spiro atoms. The molecule has 1 saturated carbocycles. The van der Waals surface area contributed by atoms with Crippen LogP contribution in [0.1, 0.15) is 43.6 Å². The number of aryl methyl sites for hydroxylation is 2. The molecule has 0 unspecified atom stereocenters. The molecule has 6 nitrogen and oxygen atoms in total. The summed E-state index contributed by atoms with van der Waals surface area (Å²) in [6.45, 7) is 13.0. The van der Waals surface area contributed by atoms with Crippen molar-refractivity contribution in [2.45, 2.75) is 53.1 Å². The van der Waals surface area contributed by atoms with Gasteiger partial charge in [0.25, 0.3) is 0 Å². The largest absolute Gasteiger partial charge is 0.357 e. The van der Waals surface area contributed by atoms with Gasteiger partial charge >= 0.3 is 0 Å². The van der Waals surface area contributed by atoms with Crippen LogP contribution in [0.3, 0.4) is 0 Å². The predicted octanol–water partition coefficient (Wildman–Crippen LogP) is 3.03. The molecule has 0 amide bonds. The van der Waals surface area contributed by atoms with Crippen molar-refractivity contribution in [3.8, 4) is 5.69 Å². The number of benzene rings is 1. The van der Waals surface area contributed by atoms with Gasteiger partial charge in [0, 0.05) is 31.4 Å². The van der Waals surface area contributed by atoms with Gasteiger partial charge in [0.15, 0.2) is 5.96 Å². The van der Waals surface area contributed by atoms with Gasteiger partial charge < -0.3 is 10.6 Å². The lowest BCUT2D eigenvalue weighted by atomic mass is 10.2. The molecule has 1 fully saturated rings. The summed E-state index contributed by atoms with van der Waals surface area (Å²) in [5.74, 6) is 0.873. The normalized spacial score (nSPS) is 14.5. The molecule has 1 aromatic carbocycles. The number of para-hydroxylation sites is 1. The Morgan fingerprint density at radius 3 is 2.64 bits per heavy atom. The summed E-state index contributed by atoms with van der Waals surface area (Å²) in [5.41, 5.74) is 4.43. The molecule has 0 saturated heterocycles. The van der Waals surface area contributed by atoms with Gasteiger partial charge in [-0.3, -0.25) is 4.90 Å². The Kier molecular flexibility index (Phi) is 7.09. The lowest BCUT2D eigenvalue weighted by molar-refractivity contribution is 0.282. The molecule has 1 aromatic heterocycles. The van der Waals surface area contributed by atoms with Gasteiger partial charge in [-0.2, -0.15) is 5.10 Å². The Balaban J connectivity index is 1.66. The first-order valence-corrected chi connectivity index (χ1v) is 10.5. The minimum atomic E-state index is 0.615. The number of nitrogens with zero attached hydrogens (tertiary/aromatic N) is 4. The summed E-state index contributed by atoms with van der Waals surface area (Å²) in [7, 11) is 0. The van der Waals surface area contributed by atoms with Crippen molar-refractivity contribution in [1.29, 1.82) is 0 Å². The van der Waals surface area contributed by atoms with Crippen LogP contribution in [0.4, 0.5) is 0 Å². The number of aromatic nitrogens is 2. The first kappa shape index (κ1) is 20.4. The average Bonchev–Trinajstić information content (AvgIpc) is 3.47. The SMILES string of the molecule is CCNC(=NCc1ccccc1-n1nc(C)cc1C)NCCN(CC)C1CC1. The van der Waals surface area contributed by atoms with E-state index in [0.29, 0.717) is 6.54 Å². The highest BCUT2D eigenvalue weighted by molar-refractivity contribution is 5.79. The fraction of sp³-hybridized carbons (Fsp3) is 0.545. The van der Waals surface area contributed by atoms with E-state index in [1.807, 2.05) is 11.6 Å². The van der Waals surface area contributed by atoms with E-state index in [1.54, 1.807) is 0 Å². The molecule has 0 bridgehead atoms. The number of guanidine groups is 1. The summed E-state index contributed by atoms with van der Waals surface area (Å²) in [6, 6.07) is 11.3. The second-order valence-corrected chi connectivity index (χ2v) is 7.45. The van der Waals surface area contributed by atoms with E-state index in [-0.39, 0.29) is 0 Å². The third-order valence-corrected chi connectivity index (χ3v) is 5.14. The van der Waals surface area contributed by atoms with E-state index in [2.05, 4.69) is 71.7 Å². The van der Waals surface area contributed by atoms with Crippen molar-refractivity contribution in [3.63, 3.8) is 0 Å². The molecule has 0 atom stereocenters. The van der Waals surface area contributed by atoms with E-state index in [4.69, 9.17) is 4.99 Å². The van der Waals surface area contributed by atoms with Gasteiger partial charge in [-0.1, -0.05) is 25.1 Å². The van der Waals surface area contributed by atoms with Crippen LogP contribution in [-0.4, -0.2) is 52.9 Å². The van der Waals surface area contributed by atoms with Gasteiger partial charge in [-0.25, -0.2) is 9.67 Å². The molecule has 1 heterocycles. The van der Waals surface area contributed by atoms with Gasteiger partial charge in [0.1, 0.15) is 0 Å². The number of hydrogen-bond acceptors (Lipinski definition) is 3. The Hall–Kier alpha value is -2.34. The van der Waals surface area contributed by atoms with Crippen molar-refractivity contribution >= 4 is 5.96 Å². The second kappa shape index (κ2) is 9.73. The van der Waals surface area contributed by atoms with Crippen molar-refractivity contribution in [3.05, 3.63) is 47.3 Å². The van der Waals surface area contributed by atoms with Crippen LogP contribution in [0.2, 0.25) is 0 Å². The van der Waals surface area contributed by atoms with Crippen molar-refractivity contribution < 1.29 is 0 Å². The maximum absolute atomic E-state index is 4.82. The number of aliphatic imine (C=N–C) groups is 1. The highest BCUT2D eigenvalue weighted by Crippen LogP contribution is 2.25. The highest BCUT2D eigenvalue weighted by Gasteiger charge is 2.27. The third kappa shape index (κ3) is 5.35. The first-order chi connectivity index (χ1) is 13.6. The standard InChI is InChI=1S/C22H34N6/c1-5-23-22(24-13-14-27(6-2)20-11-12-20)25-16-19-9-7-8-10-21(19)28-18(4)15-17(3)26-28/h7-10,15,20H,5-6,11-14,16H2,1-4H3,(H2,23,24,25). The molecule has 1 aliphatic carbocycles. The van der Waals surface area contributed by atoms with Crippen molar-refractivity contribution in [1.82, 2.24) is 25.3 Å². The van der Waals surface area contributed by atoms with Crippen LogP contribution >= 0.6 is 0 Å². The molecular formula is C22H34N6. The van der Waals surface area contributed by atoms with Gasteiger partial charge in [-0.15, -0.1) is 0 Å². The zero-order valence-corrected chi connectivity index (χ0v) is 17.7. The molecule has 0 radical (unpaired) electrons. The minimum Gasteiger partial charge on any atom is -0.357 e. The van der Waals surface area contributed by atoms with Crippen LogP contribution in [0, 0.1) is 13.8 Å². The summed E-state index contributed by atoms with van der Waals surface area (Å²) >= 11 is 0. The minimum absolute atomic E-state index is 0.615. The van der Waals surface area contributed by atoms with Crippen molar-refractivity contribution in [2.24, 2.45) is 4.99 Å². The highest BCUT2D eigenvalue weighted by atomic mass is 15.3. The quantitative estimate of drug-likeness (QED) is 0.517. The molecule has 152 valence electrons. The van der Waals surface area contributed by atoms with Crippen LogP contribution in [0.15, 0.2) is 35.3 Å². The first-order valence-electron chi connectivity index (χ1n) is 10.5. The Morgan fingerprint density at radius 1 is 1.21 bits per heavy atom. The van der Waals surface area contributed by atoms with E-state index in [1.165, 1.54) is 18.4 Å². The molecule has 1 aliphatic rings. The van der Waals surface area contributed by atoms with Gasteiger partial charge in [0.2, 0.25) is 0 Å². The Labute approximate surface area is 169 Å². The smallest absolute Gasteiger partial charge is 0.191 e. The maximum atomic E-state index is 4.82. The zero-order chi connectivity index (χ0) is 19.9. The van der Waals surface area contributed by atoms with Crippen LogP contribution in [-0.2, 0) is 6.54 Å². The summed E-state index contributed by atoms with van der Waals surface area (Å²) < 4.78 is 2.01.